The Bertz CT molecular complexity index is 581. The topological polar surface area (TPSA) is 96.0 Å². The van der Waals surface area contributed by atoms with Crippen molar-refractivity contribution >= 4 is 23.8 Å². The lowest BCUT2D eigenvalue weighted by atomic mass is 9.71. The van der Waals surface area contributed by atoms with Crippen molar-refractivity contribution in [3.63, 3.8) is 0 Å². The van der Waals surface area contributed by atoms with Crippen molar-refractivity contribution < 1.29 is 23.9 Å². The number of hydrogen-bond acceptors (Lipinski definition) is 5. The molecule has 1 heterocycles. The first-order chi connectivity index (χ1) is 12.2. The van der Waals surface area contributed by atoms with Gasteiger partial charge >= 0.3 is 12.0 Å². The maximum absolute atomic E-state index is 12.9. The fourth-order valence-corrected chi connectivity index (χ4v) is 4.25. The molecular formula is C18H29N3O5. The van der Waals surface area contributed by atoms with Gasteiger partial charge in [0.1, 0.15) is 12.1 Å². The number of methoxy groups -OCH3 is 1. The molecule has 8 heteroatoms. The summed E-state index contributed by atoms with van der Waals surface area (Å²) in [4.78, 5) is 51.6. The normalized spacial score (nSPS) is 28.2. The zero-order chi connectivity index (χ0) is 19.5. The molecule has 1 saturated heterocycles. The molecule has 0 aromatic carbocycles. The van der Waals surface area contributed by atoms with Crippen LogP contribution >= 0.6 is 0 Å². The average Bonchev–Trinajstić information content (AvgIpc) is 2.77. The molecule has 1 aliphatic heterocycles. The Balaban J connectivity index is 2.04. The van der Waals surface area contributed by atoms with E-state index in [1.165, 1.54) is 12.0 Å². The number of rotatable bonds is 6. The molecule has 4 amide bonds. The van der Waals surface area contributed by atoms with Crippen LogP contribution in [0, 0.1) is 11.8 Å². The lowest BCUT2D eigenvalue weighted by molar-refractivity contribution is -0.143. The van der Waals surface area contributed by atoms with Crippen LogP contribution < -0.4 is 5.32 Å². The van der Waals surface area contributed by atoms with Gasteiger partial charge in [-0.1, -0.05) is 13.8 Å². The number of urea groups is 1. The second-order valence-corrected chi connectivity index (χ2v) is 7.56. The van der Waals surface area contributed by atoms with E-state index in [0.29, 0.717) is 31.2 Å². The third-order valence-corrected chi connectivity index (χ3v) is 5.29. The van der Waals surface area contributed by atoms with E-state index in [1.807, 2.05) is 0 Å². The summed E-state index contributed by atoms with van der Waals surface area (Å²) in [6, 6.07) is -0.506. The van der Waals surface area contributed by atoms with Gasteiger partial charge in [-0.15, -0.1) is 0 Å². The van der Waals surface area contributed by atoms with Gasteiger partial charge in [-0.3, -0.25) is 19.3 Å². The van der Waals surface area contributed by atoms with Crippen LogP contribution in [0.2, 0.25) is 0 Å². The van der Waals surface area contributed by atoms with Gasteiger partial charge in [-0.25, -0.2) is 4.79 Å². The number of carbonyl (C=O) groups is 4. The minimum atomic E-state index is -0.877. The zero-order valence-electron chi connectivity index (χ0n) is 16.0. The van der Waals surface area contributed by atoms with Crippen LogP contribution in [0.4, 0.5) is 4.79 Å². The average molecular weight is 367 g/mol. The molecule has 1 spiro atoms. The molecular weight excluding hydrogens is 338 g/mol. The van der Waals surface area contributed by atoms with Crippen LogP contribution in [0.15, 0.2) is 0 Å². The summed E-state index contributed by atoms with van der Waals surface area (Å²) in [7, 11) is 1.29. The summed E-state index contributed by atoms with van der Waals surface area (Å²) in [5.74, 6) is -0.390. The minimum absolute atomic E-state index is 0.0786. The Kier molecular flexibility index (Phi) is 6.26. The van der Waals surface area contributed by atoms with Gasteiger partial charge in [-0.05, 0) is 38.0 Å². The van der Waals surface area contributed by atoms with Gasteiger partial charge < -0.3 is 15.0 Å². The molecule has 2 fully saturated rings. The number of esters is 1. The number of imide groups is 1. The fraction of sp³-hybridized carbons (Fsp3) is 0.778. The number of nitrogens with one attached hydrogen (secondary N) is 1. The van der Waals surface area contributed by atoms with E-state index in [4.69, 9.17) is 0 Å². The van der Waals surface area contributed by atoms with Crippen LogP contribution in [-0.4, -0.2) is 65.9 Å². The largest absolute Gasteiger partial charge is 0.469 e. The standard InChI is InChI=1S/C18H29N3O5/c1-5-20(7-6-15(23)26-4)14(22)11-21-16(24)18(19-17(21)25)9-12(2)8-13(3)10-18/h12-13H,5-11H2,1-4H3,(H,19,25). The number of ether oxygens (including phenoxy) is 1. The maximum Gasteiger partial charge on any atom is 0.325 e. The predicted octanol–water partition coefficient (Wildman–Crippen LogP) is 1.14. The molecule has 2 unspecified atom stereocenters. The van der Waals surface area contributed by atoms with Crippen molar-refractivity contribution in [1.82, 2.24) is 15.1 Å². The SMILES string of the molecule is CCN(CCC(=O)OC)C(=O)CN1C(=O)NC2(CC(C)CC(C)C2)C1=O. The second-order valence-electron chi connectivity index (χ2n) is 7.56. The first-order valence-electron chi connectivity index (χ1n) is 9.21. The number of nitrogens with zero attached hydrogens (tertiary/aromatic N) is 2. The van der Waals surface area contributed by atoms with Crippen LogP contribution in [-0.2, 0) is 19.1 Å². The van der Waals surface area contributed by atoms with Crippen molar-refractivity contribution in [1.29, 1.82) is 0 Å². The zero-order valence-corrected chi connectivity index (χ0v) is 16.0. The molecule has 0 aromatic heterocycles. The van der Waals surface area contributed by atoms with Crippen molar-refractivity contribution in [3.05, 3.63) is 0 Å². The number of hydrogen-bond donors (Lipinski definition) is 1. The van der Waals surface area contributed by atoms with Gasteiger partial charge in [0.2, 0.25) is 5.91 Å². The third kappa shape index (κ3) is 4.16. The first kappa shape index (κ1) is 20.2. The van der Waals surface area contributed by atoms with E-state index in [0.717, 1.165) is 11.3 Å². The molecule has 1 N–H and O–H groups in total. The van der Waals surface area contributed by atoms with E-state index in [2.05, 4.69) is 23.9 Å². The number of amides is 4. The Labute approximate surface area is 154 Å². The van der Waals surface area contributed by atoms with Crippen molar-refractivity contribution in [3.8, 4) is 0 Å². The lowest BCUT2D eigenvalue weighted by Gasteiger charge is -2.38. The molecule has 146 valence electrons. The molecule has 8 nitrogen and oxygen atoms in total. The highest BCUT2D eigenvalue weighted by Crippen LogP contribution is 2.39. The summed E-state index contributed by atoms with van der Waals surface area (Å²) in [6.07, 6.45) is 2.31. The van der Waals surface area contributed by atoms with E-state index in [1.54, 1.807) is 6.92 Å². The molecule has 0 radical (unpaired) electrons. The lowest BCUT2D eigenvalue weighted by Crippen LogP contribution is -2.52. The van der Waals surface area contributed by atoms with Crippen LogP contribution in [0.1, 0.15) is 46.5 Å². The fourth-order valence-electron chi connectivity index (χ4n) is 4.25. The highest BCUT2D eigenvalue weighted by atomic mass is 16.5. The monoisotopic (exact) mass is 367 g/mol. The van der Waals surface area contributed by atoms with Crippen molar-refractivity contribution in [2.75, 3.05) is 26.7 Å². The molecule has 26 heavy (non-hydrogen) atoms. The minimum Gasteiger partial charge on any atom is -0.469 e. The quantitative estimate of drug-likeness (QED) is 0.561. The van der Waals surface area contributed by atoms with Crippen LogP contribution in [0.3, 0.4) is 0 Å². The molecule has 0 aromatic rings. The van der Waals surface area contributed by atoms with Crippen LogP contribution in [0.5, 0.6) is 0 Å². The summed E-state index contributed by atoms with van der Waals surface area (Å²) < 4.78 is 4.58. The molecule has 2 atom stereocenters. The summed E-state index contributed by atoms with van der Waals surface area (Å²) in [5, 5.41) is 2.84. The summed E-state index contributed by atoms with van der Waals surface area (Å²) in [6.45, 7) is 6.23. The Morgan fingerprint density at radius 3 is 2.42 bits per heavy atom. The van der Waals surface area contributed by atoms with Gasteiger partial charge in [-0.2, -0.15) is 0 Å². The maximum atomic E-state index is 12.9. The van der Waals surface area contributed by atoms with Crippen molar-refractivity contribution in [2.45, 2.75) is 52.0 Å². The summed E-state index contributed by atoms with van der Waals surface area (Å²) >= 11 is 0. The Hall–Kier alpha value is -2.12. The van der Waals surface area contributed by atoms with E-state index in [-0.39, 0.29) is 31.3 Å². The van der Waals surface area contributed by atoms with Crippen molar-refractivity contribution in [2.24, 2.45) is 11.8 Å². The molecule has 2 rings (SSSR count). The van der Waals surface area contributed by atoms with E-state index < -0.39 is 17.5 Å². The van der Waals surface area contributed by atoms with Gasteiger partial charge in [0.05, 0.1) is 13.5 Å². The smallest absolute Gasteiger partial charge is 0.325 e. The second kappa shape index (κ2) is 8.05. The number of carbonyl (C=O) groups excluding carboxylic acids is 4. The number of likely N-dealkylation sites (N-methyl/N-ethyl adjacent to an activating group) is 1. The van der Waals surface area contributed by atoms with Crippen LogP contribution in [0.25, 0.3) is 0 Å². The van der Waals surface area contributed by atoms with Gasteiger partial charge in [0, 0.05) is 13.1 Å². The first-order valence-corrected chi connectivity index (χ1v) is 9.21. The highest BCUT2D eigenvalue weighted by molar-refractivity contribution is 6.09. The third-order valence-electron chi connectivity index (χ3n) is 5.29. The highest BCUT2D eigenvalue weighted by Gasteiger charge is 2.54. The Morgan fingerprint density at radius 1 is 1.27 bits per heavy atom. The predicted molar refractivity (Wildman–Crippen MR) is 94.0 cm³/mol. The van der Waals surface area contributed by atoms with Gasteiger partial charge in [0.25, 0.3) is 5.91 Å². The van der Waals surface area contributed by atoms with E-state index >= 15 is 0 Å². The summed E-state index contributed by atoms with van der Waals surface area (Å²) in [5.41, 5.74) is -0.877. The van der Waals surface area contributed by atoms with Gasteiger partial charge in [0.15, 0.2) is 0 Å². The molecule has 1 aliphatic carbocycles. The molecule has 0 bridgehead atoms. The Morgan fingerprint density at radius 2 is 1.88 bits per heavy atom. The molecule has 2 aliphatic rings. The van der Waals surface area contributed by atoms with E-state index in [9.17, 15) is 19.2 Å². The molecule has 1 saturated carbocycles.